The van der Waals surface area contributed by atoms with Gasteiger partial charge in [0, 0.05) is 22.4 Å². The number of ether oxygens (including phenoxy) is 1. The van der Waals surface area contributed by atoms with E-state index in [1.165, 1.54) is 28.7 Å². The van der Waals surface area contributed by atoms with E-state index in [4.69, 9.17) is 14.7 Å². The Morgan fingerprint density at radius 1 is 1.30 bits per heavy atom. The van der Waals surface area contributed by atoms with Crippen molar-refractivity contribution < 1.29 is 9.84 Å². The van der Waals surface area contributed by atoms with Crippen molar-refractivity contribution >= 4 is 38.7 Å². The molecule has 2 atom stereocenters. The SMILES string of the molecule is CC1COC(CO)CN1c1nc(-c2ccsc2)nc2sc3c(c12)CCCC3. The molecular formula is C20H23N3O2S2. The molecule has 1 aliphatic heterocycles. The highest BCUT2D eigenvalue weighted by Crippen LogP contribution is 2.41. The van der Waals surface area contributed by atoms with E-state index in [2.05, 4.69) is 28.7 Å². The molecule has 27 heavy (non-hydrogen) atoms. The first-order valence-electron chi connectivity index (χ1n) is 9.58. The standard InChI is InChI=1S/C20H23N3O2S2/c1-12-10-25-14(9-24)8-23(12)19-17-15-4-2-3-5-16(15)27-20(17)22-18(21-19)13-6-7-26-11-13/h6-7,11-12,14,24H,2-5,8-10H2,1H3. The summed E-state index contributed by atoms with van der Waals surface area (Å²) in [5, 5.41) is 15.0. The highest BCUT2D eigenvalue weighted by molar-refractivity contribution is 7.19. The van der Waals surface area contributed by atoms with Crippen LogP contribution in [-0.4, -0.2) is 47.0 Å². The van der Waals surface area contributed by atoms with Crippen LogP contribution < -0.4 is 4.90 Å². The molecule has 2 aliphatic rings. The molecule has 0 radical (unpaired) electrons. The Morgan fingerprint density at radius 2 is 2.19 bits per heavy atom. The first kappa shape index (κ1) is 17.6. The van der Waals surface area contributed by atoms with Crippen LogP contribution in [0.2, 0.25) is 0 Å². The van der Waals surface area contributed by atoms with Gasteiger partial charge in [0.05, 0.1) is 30.7 Å². The Hall–Kier alpha value is -1.54. The van der Waals surface area contributed by atoms with Gasteiger partial charge in [0.2, 0.25) is 0 Å². The van der Waals surface area contributed by atoms with E-state index in [1.807, 2.05) is 11.3 Å². The lowest BCUT2D eigenvalue weighted by Gasteiger charge is -2.38. The number of thiophene rings is 2. The van der Waals surface area contributed by atoms with Gasteiger partial charge in [0.1, 0.15) is 10.6 Å². The van der Waals surface area contributed by atoms with E-state index < -0.39 is 0 Å². The Bertz CT molecular complexity index is 954. The summed E-state index contributed by atoms with van der Waals surface area (Å²) in [5.74, 6) is 1.83. The van der Waals surface area contributed by atoms with Crippen molar-refractivity contribution in [1.29, 1.82) is 0 Å². The van der Waals surface area contributed by atoms with Crippen LogP contribution in [0.4, 0.5) is 5.82 Å². The average molecular weight is 402 g/mol. The van der Waals surface area contributed by atoms with Crippen molar-refractivity contribution in [3.8, 4) is 11.4 Å². The highest BCUT2D eigenvalue weighted by atomic mass is 32.1. The summed E-state index contributed by atoms with van der Waals surface area (Å²) < 4.78 is 5.77. The molecule has 4 heterocycles. The monoisotopic (exact) mass is 401 g/mol. The van der Waals surface area contributed by atoms with Gasteiger partial charge in [-0.2, -0.15) is 11.3 Å². The van der Waals surface area contributed by atoms with Gasteiger partial charge in [-0.1, -0.05) is 0 Å². The van der Waals surface area contributed by atoms with E-state index in [0.717, 1.165) is 34.9 Å². The molecule has 0 bridgehead atoms. The number of rotatable bonds is 3. The molecule has 5 nitrogen and oxygen atoms in total. The van der Waals surface area contributed by atoms with E-state index in [0.29, 0.717) is 13.2 Å². The van der Waals surface area contributed by atoms with Gasteiger partial charge in [0.25, 0.3) is 0 Å². The van der Waals surface area contributed by atoms with Gasteiger partial charge < -0.3 is 14.7 Å². The minimum absolute atomic E-state index is 0.0383. The molecule has 2 unspecified atom stereocenters. The van der Waals surface area contributed by atoms with Crippen LogP contribution in [0.15, 0.2) is 16.8 Å². The van der Waals surface area contributed by atoms with Crippen molar-refractivity contribution in [2.45, 2.75) is 44.8 Å². The Kier molecular flexibility index (Phi) is 4.63. The Morgan fingerprint density at radius 3 is 3.00 bits per heavy atom. The molecule has 7 heteroatoms. The van der Waals surface area contributed by atoms with Crippen LogP contribution in [0.25, 0.3) is 21.6 Å². The van der Waals surface area contributed by atoms with Crippen molar-refractivity contribution in [2.24, 2.45) is 0 Å². The summed E-state index contributed by atoms with van der Waals surface area (Å²) in [5.41, 5.74) is 2.53. The third-order valence-corrected chi connectivity index (χ3v) is 7.43. The number of nitrogens with zero attached hydrogens (tertiary/aromatic N) is 3. The molecule has 1 aliphatic carbocycles. The fraction of sp³-hybridized carbons (Fsp3) is 0.500. The van der Waals surface area contributed by atoms with Gasteiger partial charge in [-0.25, -0.2) is 9.97 Å². The molecule has 0 aromatic carbocycles. The molecular weight excluding hydrogens is 378 g/mol. The van der Waals surface area contributed by atoms with Gasteiger partial charge >= 0.3 is 0 Å². The van der Waals surface area contributed by atoms with Crippen molar-refractivity contribution in [2.75, 3.05) is 24.7 Å². The molecule has 142 valence electrons. The number of morpholine rings is 1. The second-order valence-electron chi connectivity index (χ2n) is 7.41. The lowest BCUT2D eigenvalue weighted by Crippen LogP contribution is -2.50. The summed E-state index contributed by atoms with van der Waals surface area (Å²) in [4.78, 5) is 14.9. The predicted molar refractivity (Wildman–Crippen MR) is 111 cm³/mol. The van der Waals surface area contributed by atoms with Crippen LogP contribution in [0.5, 0.6) is 0 Å². The molecule has 3 aromatic heterocycles. The predicted octanol–water partition coefficient (Wildman–Crippen LogP) is 3.88. The summed E-state index contributed by atoms with van der Waals surface area (Å²) in [6, 6.07) is 2.31. The first-order valence-corrected chi connectivity index (χ1v) is 11.3. The summed E-state index contributed by atoms with van der Waals surface area (Å²) >= 11 is 3.51. The average Bonchev–Trinajstić information content (AvgIpc) is 3.35. The summed E-state index contributed by atoms with van der Waals surface area (Å²) in [6.45, 7) is 3.48. The molecule has 1 N–H and O–H groups in total. The minimum Gasteiger partial charge on any atom is -0.394 e. The van der Waals surface area contributed by atoms with E-state index >= 15 is 0 Å². The fourth-order valence-electron chi connectivity index (χ4n) is 4.09. The van der Waals surface area contributed by atoms with Crippen LogP contribution in [0.3, 0.4) is 0 Å². The zero-order valence-corrected chi connectivity index (χ0v) is 17.0. The number of aliphatic hydroxyl groups excluding tert-OH is 1. The number of hydrogen-bond acceptors (Lipinski definition) is 7. The second kappa shape index (κ2) is 7.13. The number of aromatic nitrogens is 2. The lowest BCUT2D eigenvalue weighted by atomic mass is 9.96. The maximum atomic E-state index is 9.63. The molecule has 1 saturated heterocycles. The van der Waals surface area contributed by atoms with Crippen LogP contribution in [0.1, 0.15) is 30.2 Å². The van der Waals surface area contributed by atoms with Crippen LogP contribution in [0, 0.1) is 0 Å². The smallest absolute Gasteiger partial charge is 0.163 e. The van der Waals surface area contributed by atoms with Crippen LogP contribution in [-0.2, 0) is 17.6 Å². The largest absolute Gasteiger partial charge is 0.394 e. The van der Waals surface area contributed by atoms with Crippen molar-refractivity contribution in [1.82, 2.24) is 9.97 Å². The quantitative estimate of drug-likeness (QED) is 0.722. The molecule has 3 aromatic rings. The number of aryl methyl sites for hydroxylation is 2. The van der Waals surface area contributed by atoms with Crippen LogP contribution >= 0.6 is 22.7 Å². The van der Waals surface area contributed by atoms with Gasteiger partial charge in [-0.05, 0) is 49.6 Å². The lowest BCUT2D eigenvalue weighted by molar-refractivity contribution is -0.0104. The minimum atomic E-state index is -0.162. The van der Waals surface area contributed by atoms with Gasteiger partial charge in [0.15, 0.2) is 5.82 Å². The third-order valence-electron chi connectivity index (χ3n) is 5.56. The zero-order chi connectivity index (χ0) is 18.4. The zero-order valence-electron chi connectivity index (χ0n) is 15.4. The number of aliphatic hydroxyl groups is 1. The topological polar surface area (TPSA) is 58.5 Å². The van der Waals surface area contributed by atoms with Gasteiger partial charge in [-0.3, -0.25) is 0 Å². The number of hydrogen-bond donors (Lipinski definition) is 1. The van der Waals surface area contributed by atoms with Crippen molar-refractivity contribution in [3.05, 3.63) is 27.3 Å². The highest BCUT2D eigenvalue weighted by Gasteiger charge is 2.31. The normalized spacial score (nSPS) is 23.0. The molecule has 0 amide bonds. The maximum Gasteiger partial charge on any atom is 0.163 e. The van der Waals surface area contributed by atoms with Crippen molar-refractivity contribution in [3.63, 3.8) is 0 Å². The van der Waals surface area contributed by atoms with E-state index in [-0.39, 0.29) is 18.8 Å². The number of fused-ring (bicyclic) bond motifs is 3. The van der Waals surface area contributed by atoms with Gasteiger partial charge in [-0.15, -0.1) is 11.3 Å². The van der Waals surface area contributed by atoms with E-state index in [9.17, 15) is 5.11 Å². The molecule has 0 spiro atoms. The fourth-order valence-corrected chi connectivity index (χ4v) is 5.98. The molecule has 5 rings (SSSR count). The first-order chi connectivity index (χ1) is 13.2. The number of anilines is 1. The second-order valence-corrected chi connectivity index (χ2v) is 9.28. The Balaban J connectivity index is 1.71. The van der Waals surface area contributed by atoms with E-state index in [1.54, 1.807) is 11.3 Å². The summed E-state index contributed by atoms with van der Waals surface area (Å²) in [7, 11) is 0. The maximum absolute atomic E-state index is 9.63. The molecule has 1 fully saturated rings. The Labute approximate surface area is 166 Å². The summed E-state index contributed by atoms with van der Waals surface area (Å²) in [6.07, 6.45) is 4.61. The third kappa shape index (κ3) is 3.06. The molecule has 0 saturated carbocycles.